The zero-order valence-electron chi connectivity index (χ0n) is 14.6. The third-order valence-electron chi connectivity index (χ3n) is 3.48. The average Bonchev–Trinajstić information content (AvgIpc) is 2.60. The van der Waals surface area contributed by atoms with Gasteiger partial charge in [-0.05, 0) is 43.2 Å². The van der Waals surface area contributed by atoms with Gasteiger partial charge in [0.05, 0.1) is 16.3 Å². The maximum absolute atomic E-state index is 11.9. The summed E-state index contributed by atoms with van der Waals surface area (Å²) in [4.78, 5) is 37.8. The van der Waals surface area contributed by atoms with Gasteiger partial charge in [0.1, 0.15) is 6.07 Å². The zero-order chi connectivity index (χ0) is 20.0. The second-order valence-corrected chi connectivity index (χ2v) is 7.01. The molecule has 2 aromatic rings. The minimum atomic E-state index is -0.644. The highest BCUT2D eigenvalue weighted by atomic mass is 35.5. The van der Waals surface area contributed by atoms with Crippen LogP contribution in [-0.2, 0) is 14.3 Å². The van der Waals surface area contributed by atoms with Crippen molar-refractivity contribution >= 4 is 40.9 Å². The second-order valence-electron chi connectivity index (χ2n) is 5.59. The molecule has 0 aliphatic heterocycles. The van der Waals surface area contributed by atoms with Gasteiger partial charge < -0.3 is 15.0 Å². The van der Waals surface area contributed by atoms with E-state index in [0.717, 1.165) is 17.3 Å². The Morgan fingerprint density at radius 2 is 2.04 bits per heavy atom. The Bertz CT molecular complexity index is 982. The molecule has 2 N–H and O–H groups in total. The monoisotopic (exact) mass is 405 g/mol. The summed E-state index contributed by atoms with van der Waals surface area (Å²) in [6.45, 7) is 2.98. The van der Waals surface area contributed by atoms with Gasteiger partial charge in [0.25, 0.3) is 5.91 Å². The first-order chi connectivity index (χ1) is 12.8. The Balaban J connectivity index is 1.87. The maximum Gasteiger partial charge on any atom is 0.316 e. The molecule has 0 aliphatic carbocycles. The maximum atomic E-state index is 11.9. The number of carbonyl (C=O) groups excluding carboxylic acids is 2. The lowest BCUT2D eigenvalue weighted by molar-refractivity contribution is -0.144. The number of carbonyl (C=O) groups is 2. The Hall–Kier alpha value is -2.76. The molecule has 1 amide bonds. The molecule has 0 bridgehead atoms. The fraction of sp³-hybridized carbons (Fsp3) is 0.222. The normalized spacial score (nSPS) is 10.1. The van der Waals surface area contributed by atoms with Crippen LogP contribution in [0.1, 0.15) is 16.7 Å². The number of esters is 1. The van der Waals surface area contributed by atoms with Crippen LogP contribution >= 0.6 is 23.4 Å². The van der Waals surface area contributed by atoms with Gasteiger partial charge in [-0.15, -0.1) is 0 Å². The second kappa shape index (κ2) is 9.26. The lowest BCUT2D eigenvalue weighted by Gasteiger charge is -2.09. The molecule has 1 heterocycles. The molecule has 0 unspecified atom stereocenters. The third-order valence-corrected chi connectivity index (χ3v) is 4.69. The topological polar surface area (TPSA) is 112 Å². The van der Waals surface area contributed by atoms with E-state index >= 15 is 0 Å². The molecule has 140 valence electrons. The molecule has 2 rings (SSSR count). The number of thioether (sulfide) groups is 1. The summed E-state index contributed by atoms with van der Waals surface area (Å²) in [5.41, 5.74) is 1.81. The number of hydrogen-bond acceptors (Lipinski definition) is 6. The summed E-state index contributed by atoms with van der Waals surface area (Å²) in [7, 11) is 0. The van der Waals surface area contributed by atoms with Crippen LogP contribution in [0, 0.1) is 25.2 Å². The minimum absolute atomic E-state index is 0.151. The van der Waals surface area contributed by atoms with Crippen molar-refractivity contribution in [1.82, 2.24) is 4.98 Å². The van der Waals surface area contributed by atoms with Crippen LogP contribution < -0.4 is 10.9 Å². The van der Waals surface area contributed by atoms with Gasteiger partial charge in [-0.1, -0.05) is 23.4 Å². The number of pyridine rings is 1. The molecule has 0 radical (unpaired) electrons. The van der Waals surface area contributed by atoms with Crippen molar-refractivity contribution in [3.05, 3.63) is 56.3 Å². The van der Waals surface area contributed by atoms with Gasteiger partial charge in [-0.3, -0.25) is 14.4 Å². The van der Waals surface area contributed by atoms with Crippen molar-refractivity contribution in [2.24, 2.45) is 0 Å². The lowest BCUT2D eigenvalue weighted by Crippen LogP contribution is -2.22. The molecule has 0 atom stereocenters. The Morgan fingerprint density at radius 3 is 2.70 bits per heavy atom. The van der Waals surface area contributed by atoms with Gasteiger partial charge in [0.2, 0.25) is 5.56 Å². The molecule has 27 heavy (non-hydrogen) atoms. The van der Waals surface area contributed by atoms with Crippen LogP contribution in [0.15, 0.2) is 34.1 Å². The van der Waals surface area contributed by atoms with Crippen LogP contribution in [0.5, 0.6) is 0 Å². The highest BCUT2D eigenvalue weighted by Crippen LogP contribution is 2.21. The molecule has 1 aromatic carbocycles. The van der Waals surface area contributed by atoms with E-state index < -0.39 is 18.5 Å². The number of nitriles is 1. The fourth-order valence-corrected chi connectivity index (χ4v) is 3.27. The largest absolute Gasteiger partial charge is 0.455 e. The van der Waals surface area contributed by atoms with Crippen LogP contribution in [0.2, 0.25) is 5.02 Å². The number of aryl methyl sites for hydroxylation is 2. The predicted octanol–water partition coefficient (Wildman–Crippen LogP) is 2.79. The summed E-state index contributed by atoms with van der Waals surface area (Å²) in [5.74, 6) is -1.28. The number of rotatable bonds is 6. The third kappa shape index (κ3) is 5.88. The summed E-state index contributed by atoms with van der Waals surface area (Å²) in [5, 5.41) is 12.6. The number of nitrogens with one attached hydrogen (secondary N) is 2. The van der Waals surface area contributed by atoms with E-state index in [2.05, 4.69) is 10.3 Å². The highest BCUT2D eigenvalue weighted by molar-refractivity contribution is 7.99. The summed E-state index contributed by atoms with van der Waals surface area (Å²) in [6.07, 6.45) is 0. The van der Waals surface area contributed by atoms with Crippen molar-refractivity contribution < 1.29 is 14.3 Å². The summed E-state index contributed by atoms with van der Waals surface area (Å²) < 4.78 is 4.92. The Morgan fingerprint density at radius 1 is 1.30 bits per heavy atom. The van der Waals surface area contributed by atoms with Gasteiger partial charge in [-0.25, -0.2) is 0 Å². The average molecular weight is 406 g/mol. The number of aromatic amines is 1. The number of anilines is 1. The van der Waals surface area contributed by atoms with Crippen LogP contribution in [0.25, 0.3) is 0 Å². The zero-order valence-corrected chi connectivity index (χ0v) is 16.2. The highest BCUT2D eigenvalue weighted by Gasteiger charge is 2.13. The predicted molar refractivity (Wildman–Crippen MR) is 103 cm³/mol. The first-order valence-electron chi connectivity index (χ1n) is 7.78. The summed E-state index contributed by atoms with van der Waals surface area (Å²) in [6, 6.07) is 8.30. The standard InChI is InChI=1S/C18H16ClN3O4S/c1-10-6-15(23)22-18(13(10)7-20)27-9-17(25)26-8-16(24)21-14-4-3-12(19)5-11(14)2/h3-6H,8-9H2,1-2H3,(H,21,24)(H,22,23). The van der Waals surface area contributed by atoms with Crippen molar-refractivity contribution in [2.75, 3.05) is 17.7 Å². The van der Waals surface area contributed by atoms with E-state index in [-0.39, 0.29) is 11.3 Å². The van der Waals surface area contributed by atoms with Crippen LogP contribution in [0.4, 0.5) is 5.69 Å². The van der Waals surface area contributed by atoms with Gasteiger partial charge >= 0.3 is 5.97 Å². The van der Waals surface area contributed by atoms with Crippen LogP contribution in [0.3, 0.4) is 0 Å². The molecule has 0 fully saturated rings. The lowest BCUT2D eigenvalue weighted by atomic mass is 10.2. The van der Waals surface area contributed by atoms with Crippen molar-refractivity contribution in [3.63, 3.8) is 0 Å². The number of nitrogens with zero attached hydrogens (tertiary/aromatic N) is 1. The van der Waals surface area contributed by atoms with Gasteiger partial charge in [0.15, 0.2) is 6.61 Å². The van der Waals surface area contributed by atoms with E-state index in [4.69, 9.17) is 21.6 Å². The Labute approximate surface area is 164 Å². The number of amides is 1. The number of aromatic nitrogens is 1. The van der Waals surface area contributed by atoms with E-state index in [1.807, 2.05) is 6.07 Å². The van der Waals surface area contributed by atoms with Gasteiger partial charge in [0, 0.05) is 16.8 Å². The SMILES string of the molecule is Cc1cc(Cl)ccc1NC(=O)COC(=O)CSc1[nH]c(=O)cc(C)c1C#N. The van der Waals surface area contributed by atoms with E-state index in [0.29, 0.717) is 26.9 Å². The Kier molecular flexibility index (Phi) is 7.05. The quantitative estimate of drug-likeness (QED) is 0.564. The van der Waals surface area contributed by atoms with E-state index in [9.17, 15) is 14.4 Å². The smallest absolute Gasteiger partial charge is 0.316 e. The molecule has 9 heteroatoms. The molecule has 0 saturated carbocycles. The molecule has 0 saturated heterocycles. The summed E-state index contributed by atoms with van der Waals surface area (Å²) >= 11 is 6.82. The molecule has 0 spiro atoms. The van der Waals surface area contributed by atoms with Crippen molar-refractivity contribution in [3.8, 4) is 6.07 Å². The number of ether oxygens (including phenoxy) is 1. The number of hydrogen-bond donors (Lipinski definition) is 2. The van der Waals surface area contributed by atoms with Crippen molar-refractivity contribution in [1.29, 1.82) is 5.26 Å². The molecule has 0 aliphatic rings. The molecule has 7 nitrogen and oxygen atoms in total. The molecular weight excluding hydrogens is 390 g/mol. The first-order valence-corrected chi connectivity index (χ1v) is 9.15. The molecular formula is C18H16ClN3O4S. The van der Waals surface area contributed by atoms with Crippen LogP contribution in [-0.4, -0.2) is 29.2 Å². The van der Waals surface area contributed by atoms with E-state index in [1.165, 1.54) is 6.07 Å². The number of benzene rings is 1. The minimum Gasteiger partial charge on any atom is -0.455 e. The van der Waals surface area contributed by atoms with Gasteiger partial charge in [-0.2, -0.15) is 5.26 Å². The fourth-order valence-electron chi connectivity index (χ4n) is 2.18. The first kappa shape index (κ1) is 20.6. The number of H-pyrrole nitrogens is 1. The van der Waals surface area contributed by atoms with E-state index in [1.54, 1.807) is 32.0 Å². The van der Waals surface area contributed by atoms with Crippen molar-refractivity contribution in [2.45, 2.75) is 18.9 Å². The number of halogens is 1. The molecule has 1 aromatic heterocycles.